The summed E-state index contributed by atoms with van der Waals surface area (Å²) in [5, 5.41) is 4.00. The van der Waals surface area contributed by atoms with Crippen molar-refractivity contribution in [1.29, 1.82) is 0 Å². The van der Waals surface area contributed by atoms with E-state index in [9.17, 15) is 8.42 Å². The van der Waals surface area contributed by atoms with Gasteiger partial charge in [0, 0.05) is 5.69 Å². The van der Waals surface area contributed by atoms with Crippen LogP contribution in [0.1, 0.15) is 0 Å². The summed E-state index contributed by atoms with van der Waals surface area (Å²) >= 11 is 0. The van der Waals surface area contributed by atoms with Crippen LogP contribution in [-0.4, -0.2) is 25.7 Å². The fourth-order valence-corrected chi connectivity index (χ4v) is 4.37. The number of hydrogen-bond acceptors (Lipinski definition) is 7. The molecule has 4 rings (SSSR count). The Hall–Kier alpha value is -3.65. The third-order valence-corrected chi connectivity index (χ3v) is 6.20. The molecule has 0 spiro atoms. The van der Waals surface area contributed by atoms with Crippen LogP contribution in [0, 0.1) is 0 Å². The molecule has 7 nitrogen and oxygen atoms in total. The Morgan fingerprint density at radius 2 is 1.55 bits per heavy atom. The summed E-state index contributed by atoms with van der Waals surface area (Å²) in [6.45, 7) is 0. The van der Waals surface area contributed by atoms with E-state index in [1.807, 2.05) is 12.1 Å². The average Bonchev–Trinajstić information content (AvgIpc) is 3.24. The number of anilines is 1. The zero-order valence-corrected chi connectivity index (χ0v) is 16.3. The van der Waals surface area contributed by atoms with Crippen LogP contribution in [0.5, 0.6) is 5.75 Å². The van der Waals surface area contributed by atoms with Crippen molar-refractivity contribution in [3.05, 3.63) is 72.8 Å². The minimum atomic E-state index is -3.81. The molecule has 1 aromatic heterocycles. The molecule has 3 aromatic carbocycles. The van der Waals surface area contributed by atoms with E-state index in [-0.39, 0.29) is 15.7 Å². The first-order chi connectivity index (χ1) is 14.0. The van der Waals surface area contributed by atoms with Gasteiger partial charge >= 0.3 is 0 Å². The fourth-order valence-electron chi connectivity index (χ4n) is 2.92. The van der Waals surface area contributed by atoms with E-state index in [0.29, 0.717) is 28.4 Å². The van der Waals surface area contributed by atoms with Crippen LogP contribution >= 0.6 is 0 Å². The predicted molar refractivity (Wildman–Crippen MR) is 108 cm³/mol. The van der Waals surface area contributed by atoms with E-state index < -0.39 is 9.84 Å². The smallest absolute Gasteiger partial charge is 0.259 e. The largest absolute Gasteiger partial charge is 0.496 e. The molecule has 0 aliphatic rings. The standard InChI is InChI=1S/C21H17N3O4S/c1-27-18-8-4-2-6-16(18)20-23-21(28-24-20)17-7-3-5-9-19(17)29(25,26)15-12-10-14(22)11-13-15/h2-13H,22H2,1H3. The highest BCUT2D eigenvalue weighted by atomic mass is 32.2. The number of nitrogens with zero attached hydrogens (tertiary/aromatic N) is 2. The first-order valence-electron chi connectivity index (χ1n) is 8.68. The van der Waals surface area contributed by atoms with Gasteiger partial charge in [-0.25, -0.2) is 8.42 Å². The minimum Gasteiger partial charge on any atom is -0.496 e. The maximum absolute atomic E-state index is 13.2. The number of para-hydroxylation sites is 1. The van der Waals surface area contributed by atoms with E-state index in [2.05, 4.69) is 10.1 Å². The fraction of sp³-hybridized carbons (Fsp3) is 0.0476. The van der Waals surface area contributed by atoms with Crippen molar-refractivity contribution in [1.82, 2.24) is 10.1 Å². The average molecular weight is 407 g/mol. The minimum absolute atomic E-state index is 0.0694. The number of benzene rings is 3. The number of methoxy groups -OCH3 is 1. The second-order valence-electron chi connectivity index (χ2n) is 6.19. The Morgan fingerprint density at radius 1 is 0.897 bits per heavy atom. The van der Waals surface area contributed by atoms with Crippen LogP contribution in [-0.2, 0) is 9.84 Å². The molecule has 4 aromatic rings. The summed E-state index contributed by atoms with van der Waals surface area (Å²) in [7, 11) is -2.26. The molecule has 0 saturated heterocycles. The molecule has 0 aliphatic heterocycles. The number of ether oxygens (including phenoxy) is 1. The Balaban J connectivity index is 1.81. The Kier molecular flexibility index (Phi) is 4.77. The van der Waals surface area contributed by atoms with Crippen molar-refractivity contribution in [2.45, 2.75) is 9.79 Å². The highest BCUT2D eigenvalue weighted by Gasteiger charge is 2.25. The number of rotatable bonds is 5. The number of nitrogen functional groups attached to an aromatic ring is 1. The lowest BCUT2D eigenvalue weighted by Crippen LogP contribution is -2.04. The Morgan fingerprint density at radius 3 is 2.28 bits per heavy atom. The Bertz CT molecular complexity index is 1270. The molecule has 1 heterocycles. The van der Waals surface area contributed by atoms with E-state index in [4.69, 9.17) is 15.0 Å². The highest BCUT2D eigenvalue weighted by Crippen LogP contribution is 2.33. The highest BCUT2D eigenvalue weighted by molar-refractivity contribution is 7.91. The molecule has 146 valence electrons. The van der Waals surface area contributed by atoms with E-state index in [1.54, 1.807) is 49.6 Å². The van der Waals surface area contributed by atoms with Crippen molar-refractivity contribution < 1.29 is 17.7 Å². The monoisotopic (exact) mass is 407 g/mol. The van der Waals surface area contributed by atoms with Crippen LogP contribution in [0.4, 0.5) is 5.69 Å². The van der Waals surface area contributed by atoms with Gasteiger partial charge in [0.05, 0.1) is 28.0 Å². The molecule has 0 aliphatic carbocycles. The molecule has 0 atom stereocenters. The van der Waals surface area contributed by atoms with Gasteiger partial charge in [0.1, 0.15) is 5.75 Å². The lowest BCUT2D eigenvalue weighted by molar-refractivity contribution is 0.413. The molecular formula is C21H17N3O4S. The maximum Gasteiger partial charge on any atom is 0.259 e. The lowest BCUT2D eigenvalue weighted by Gasteiger charge is -2.08. The summed E-state index contributed by atoms with van der Waals surface area (Å²) in [6, 6.07) is 19.8. The van der Waals surface area contributed by atoms with Crippen LogP contribution in [0.3, 0.4) is 0 Å². The predicted octanol–water partition coefficient (Wildman–Crippen LogP) is 3.83. The van der Waals surface area contributed by atoms with Gasteiger partial charge in [-0.1, -0.05) is 29.4 Å². The van der Waals surface area contributed by atoms with Gasteiger partial charge in [0.15, 0.2) is 0 Å². The molecule has 0 amide bonds. The Labute approximate surface area is 167 Å². The van der Waals surface area contributed by atoms with Gasteiger partial charge in [-0.3, -0.25) is 0 Å². The number of nitrogens with two attached hydrogens (primary N) is 1. The normalized spacial score (nSPS) is 11.3. The maximum atomic E-state index is 13.2. The molecular weight excluding hydrogens is 390 g/mol. The van der Waals surface area contributed by atoms with E-state index in [0.717, 1.165) is 0 Å². The van der Waals surface area contributed by atoms with Gasteiger partial charge < -0.3 is 15.0 Å². The summed E-state index contributed by atoms with van der Waals surface area (Å²) in [5.41, 5.74) is 7.12. The third-order valence-electron chi connectivity index (χ3n) is 4.37. The van der Waals surface area contributed by atoms with E-state index in [1.165, 1.54) is 18.2 Å². The molecule has 0 unspecified atom stereocenters. The lowest BCUT2D eigenvalue weighted by atomic mass is 10.2. The van der Waals surface area contributed by atoms with Gasteiger partial charge in [-0.2, -0.15) is 4.98 Å². The number of aromatic nitrogens is 2. The molecule has 0 fully saturated rings. The van der Waals surface area contributed by atoms with Crippen LogP contribution in [0.15, 0.2) is 87.1 Å². The molecule has 29 heavy (non-hydrogen) atoms. The molecule has 0 saturated carbocycles. The van der Waals surface area contributed by atoms with Crippen molar-refractivity contribution in [3.8, 4) is 28.6 Å². The number of hydrogen-bond donors (Lipinski definition) is 1. The van der Waals surface area contributed by atoms with Crippen LogP contribution < -0.4 is 10.5 Å². The first kappa shape index (κ1) is 18.7. The van der Waals surface area contributed by atoms with Crippen molar-refractivity contribution in [3.63, 3.8) is 0 Å². The van der Waals surface area contributed by atoms with Gasteiger partial charge in [-0.15, -0.1) is 0 Å². The summed E-state index contributed by atoms with van der Waals surface area (Å²) in [6.07, 6.45) is 0. The summed E-state index contributed by atoms with van der Waals surface area (Å²) < 4.78 is 37.1. The van der Waals surface area contributed by atoms with Gasteiger partial charge in [0.25, 0.3) is 5.89 Å². The quantitative estimate of drug-likeness (QED) is 0.501. The van der Waals surface area contributed by atoms with Crippen molar-refractivity contribution in [2.75, 3.05) is 12.8 Å². The van der Waals surface area contributed by atoms with Crippen molar-refractivity contribution in [2.24, 2.45) is 0 Å². The zero-order valence-electron chi connectivity index (χ0n) is 15.4. The van der Waals surface area contributed by atoms with Gasteiger partial charge in [0.2, 0.25) is 15.7 Å². The van der Waals surface area contributed by atoms with Crippen molar-refractivity contribution >= 4 is 15.5 Å². The van der Waals surface area contributed by atoms with E-state index >= 15 is 0 Å². The summed E-state index contributed by atoms with van der Waals surface area (Å²) in [4.78, 5) is 4.60. The van der Waals surface area contributed by atoms with Crippen LogP contribution in [0.25, 0.3) is 22.8 Å². The SMILES string of the molecule is COc1ccccc1-c1noc(-c2ccccc2S(=O)(=O)c2ccc(N)cc2)n1. The van der Waals surface area contributed by atoms with Crippen LogP contribution in [0.2, 0.25) is 0 Å². The molecule has 0 bridgehead atoms. The topological polar surface area (TPSA) is 108 Å². The second-order valence-corrected chi connectivity index (χ2v) is 8.11. The molecule has 2 N–H and O–H groups in total. The second kappa shape index (κ2) is 7.40. The molecule has 0 radical (unpaired) electrons. The number of sulfone groups is 1. The summed E-state index contributed by atoms with van der Waals surface area (Å²) in [5.74, 6) is 0.986. The molecule has 8 heteroatoms. The first-order valence-corrected chi connectivity index (χ1v) is 10.2. The van der Waals surface area contributed by atoms with Gasteiger partial charge in [-0.05, 0) is 48.5 Å². The zero-order chi connectivity index (χ0) is 20.4. The third kappa shape index (κ3) is 3.45.